The van der Waals surface area contributed by atoms with Gasteiger partial charge in [-0.3, -0.25) is 4.68 Å². The molecule has 0 aromatic carbocycles. The number of aryl methyl sites for hydroxylation is 1. The minimum atomic E-state index is 0.307. The first-order valence-electron chi connectivity index (χ1n) is 7.50. The summed E-state index contributed by atoms with van der Waals surface area (Å²) in [5, 5.41) is 7.84. The molecule has 1 saturated heterocycles. The van der Waals surface area contributed by atoms with Gasteiger partial charge in [0.2, 0.25) is 0 Å². The fraction of sp³-hybridized carbons (Fsp3) is 0.857. The summed E-state index contributed by atoms with van der Waals surface area (Å²) in [7, 11) is 0. The van der Waals surface area contributed by atoms with E-state index >= 15 is 0 Å². The molecule has 3 unspecified atom stereocenters. The number of likely N-dealkylation sites (N-methyl/N-ethyl adjacent to an activating group) is 1. The topological polar surface area (TPSA) is 52.0 Å². The summed E-state index contributed by atoms with van der Waals surface area (Å²) >= 11 is 0. The third kappa shape index (κ3) is 3.76. The lowest BCUT2D eigenvalue weighted by atomic mass is 10.0. The maximum atomic E-state index is 6.00. The van der Waals surface area contributed by atoms with Crippen LogP contribution in [-0.4, -0.2) is 39.6 Å². The van der Waals surface area contributed by atoms with Gasteiger partial charge in [-0.05, 0) is 32.7 Å². The molecule has 1 aromatic rings. The molecule has 2 heterocycles. The smallest absolute Gasteiger partial charge is 0.138 e. The molecule has 0 spiro atoms. The highest BCUT2D eigenvalue weighted by atomic mass is 16.5. The van der Waals surface area contributed by atoms with Crippen molar-refractivity contribution in [3.05, 3.63) is 12.2 Å². The number of hydrogen-bond acceptors (Lipinski definition) is 4. The maximum Gasteiger partial charge on any atom is 0.138 e. The van der Waals surface area contributed by atoms with Crippen molar-refractivity contribution in [3.8, 4) is 0 Å². The Balaban J connectivity index is 2.01. The van der Waals surface area contributed by atoms with Crippen LogP contribution >= 0.6 is 0 Å². The van der Waals surface area contributed by atoms with E-state index in [1.54, 1.807) is 6.33 Å². The lowest BCUT2D eigenvalue weighted by Gasteiger charge is -2.24. The summed E-state index contributed by atoms with van der Waals surface area (Å²) in [5.74, 6) is 1.07. The molecule has 0 saturated carbocycles. The summed E-state index contributed by atoms with van der Waals surface area (Å²) < 4.78 is 8.02. The zero-order valence-corrected chi connectivity index (χ0v) is 12.3. The summed E-state index contributed by atoms with van der Waals surface area (Å²) in [4.78, 5) is 4.40. The van der Waals surface area contributed by atoms with Gasteiger partial charge in [0.05, 0.1) is 12.2 Å². The SMILES string of the molecule is CCCn1ncnc1CC(NCC)C1CCC(C)O1. The van der Waals surface area contributed by atoms with Crippen LogP contribution in [0.2, 0.25) is 0 Å². The molecule has 2 rings (SSSR count). The van der Waals surface area contributed by atoms with Gasteiger partial charge in [0.1, 0.15) is 12.2 Å². The van der Waals surface area contributed by atoms with E-state index in [9.17, 15) is 0 Å². The Labute approximate surface area is 115 Å². The zero-order chi connectivity index (χ0) is 13.7. The van der Waals surface area contributed by atoms with Crippen molar-refractivity contribution in [2.24, 2.45) is 0 Å². The Morgan fingerprint density at radius 3 is 2.95 bits per heavy atom. The molecule has 0 bridgehead atoms. The van der Waals surface area contributed by atoms with E-state index in [4.69, 9.17) is 4.74 Å². The zero-order valence-electron chi connectivity index (χ0n) is 12.3. The maximum absolute atomic E-state index is 6.00. The van der Waals surface area contributed by atoms with E-state index in [-0.39, 0.29) is 0 Å². The van der Waals surface area contributed by atoms with Crippen LogP contribution in [0.3, 0.4) is 0 Å². The van der Waals surface area contributed by atoms with E-state index < -0.39 is 0 Å². The van der Waals surface area contributed by atoms with E-state index in [1.165, 1.54) is 0 Å². The highest BCUT2D eigenvalue weighted by Gasteiger charge is 2.30. The van der Waals surface area contributed by atoms with Crippen LogP contribution in [0.25, 0.3) is 0 Å². The molecule has 1 fully saturated rings. The van der Waals surface area contributed by atoms with Crippen molar-refractivity contribution >= 4 is 0 Å². The molecule has 1 N–H and O–H groups in total. The molecular formula is C14H26N4O. The molecule has 0 radical (unpaired) electrons. The Morgan fingerprint density at radius 2 is 2.32 bits per heavy atom. The van der Waals surface area contributed by atoms with Crippen molar-refractivity contribution in [1.82, 2.24) is 20.1 Å². The van der Waals surface area contributed by atoms with E-state index in [1.807, 2.05) is 4.68 Å². The molecule has 1 aliphatic rings. The summed E-state index contributed by atoms with van der Waals surface area (Å²) in [6.07, 6.45) is 6.63. The van der Waals surface area contributed by atoms with Gasteiger partial charge in [0.25, 0.3) is 0 Å². The van der Waals surface area contributed by atoms with Gasteiger partial charge in [-0.1, -0.05) is 13.8 Å². The molecule has 0 amide bonds. The second-order valence-corrected chi connectivity index (χ2v) is 5.33. The number of hydrogen-bond donors (Lipinski definition) is 1. The Hall–Kier alpha value is -0.940. The molecule has 5 heteroatoms. The van der Waals surface area contributed by atoms with Gasteiger partial charge < -0.3 is 10.1 Å². The van der Waals surface area contributed by atoms with Crippen molar-refractivity contribution in [2.75, 3.05) is 6.54 Å². The Bertz CT molecular complexity index is 379. The normalized spacial score (nSPS) is 24.8. The average Bonchev–Trinajstić information content (AvgIpc) is 2.99. The van der Waals surface area contributed by atoms with Gasteiger partial charge in [0.15, 0.2) is 0 Å². The molecule has 3 atom stereocenters. The number of rotatable bonds is 7. The van der Waals surface area contributed by atoms with Crippen molar-refractivity contribution in [2.45, 2.75) is 71.2 Å². The molecule has 1 aliphatic heterocycles. The molecule has 5 nitrogen and oxygen atoms in total. The third-order valence-electron chi connectivity index (χ3n) is 3.71. The van der Waals surface area contributed by atoms with Crippen LogP contribution in [0.4, 0.5) is 0 Å². The number of nitrogens with zero attached hydrogens (tertiary/aromatic N) is 3. The predicted molar refractivity (Wildman–Crippen MR) is 75.1 cm³/mol. The van der Waals surface area contributed by atoms with Gasteiger partial charge in [-0.2, -0.15) is 5.10 Å². The number of ether oxygens (including phenoxy) is 1. The average molecular weight is 266 g/mol. The number of aromatic nitrogens is 3. The van der Waals surface area contributed by atoms with Gasteiger partial charge in [-0.25, -0.2) is 4.98 Å². The highest BCUT2D eigenvalue weighted by molar-refractivity contribution is 4.94. The fourth-order valence-corrected chi connectivity index (χ4v) is 2.77. The van der Waals surface area contributed by atoms with Crippen LogP contribution in [-0.2, 0) is 17.7 Å². The van der Waals surface area contributed by atoms with Crippen LogP contribution < -0.4 is 5.32 Å². The lowest BCUT2D eigenvalue weighted by molar-refractivity contribution is 0.0317. The molecular weight excluding hydrogens is 240 g/mol. The minimum Gasteiger partial charge on any atom is -0.374 e. The minimum absolute atomic E-state index is 0.307. The molecule has 108 valence electrons. The van der Waals surface area contributed by atoms with Gasteiger partial charge in [0, 0.05) is 19.0 Å². The monoisotopic (exact) mass is 266 g/mol. The molecule has 1 aromatic heterocycles. The second-order valence-electron chi connectivity index (χ2n) is 5.33. The van der Waals surface area contributed by atoms with Crippen LogP contribution in [0.15, 0.2) is 6.33 Å². The van der Waals surface area contributed by atoms with E-state index in [2.05, 4.69) is 36.2 Å². The standard InChI is InChI=1S/C14H26N4O/c1-4-8-18-14(16-10-17-18)9-12(15-5-2)13-7-6-11(3)19-13/h10-13,15H,4-9H2,1-3H3. The van der Waals surface area contributed by atoms with Crippen LogP contribution in [0.1, 0.15) is 45.9 Å². The molecule has 0 aliphatic carbocycles. The first-order chi connectivity index (χ1) is 9.24. The van der Waals surface area contributed by atoms with Crippen molar-refractivity contribution in [1.29, 1.82) is 0 Å². The largest absolute Gasteiger partial charge is 0.374 e. The first-order valence-corrected chi connectivity index (χ1v) is 7.50. The molecule has 19 heavy (non-hydrogen) atoms. The van der Waals surface area contributed by atoms with E-state index in [0.717, 1.165) is 44.6 Å². The Morgan fingerprint density at radius 1 is 1.47 bits per heavy atom. The first kappa shape index (κ1) is 14.5. The summed E-state index contributed by atoms with van der Waals surface area (Å²) in [5.41, 5.74) is 0. The summed E-state index contributed by atoms with van der Waals surface area (Å²) in [6, 6.07) is 0.342. The third-order valence-corrected chi connectivity index (χ3v) is 3.71. The van der Waals surface area contributed by atoms with Crippen LogP contribution in [0.5, 0.6) is 0 Å². The van der Waals surface area contributed by atoms with Gasteiger partial charge in [-0.15, -0.1) is 0 Å². The second kappa shape index (κ2) is 7.01. The summed E-state index contributed by atoms with van der Waals surface area (Å²) in [6.45, 7) is 8.36. The lowest BCUT2D eigenvalue weighted by Crippen LogP contribution is -2.42. The van der Waals surface area contributed by atoms with Crippen LogP contribution in [0, 0.1) is 0 Å². The predicted octanol–water partition coefficient (Wildman–Crippen LogP) is 1.78. The van der Waals surface area contributed by atoms with Crippen molar-refractivity contribution in [3.63, 3.8) is 0 Å². The quantitative estimate of drug-likeness (QED) is 0.817. The van der Waals surface area contributed by atoms with Crippen molar-refractivity contribution < 1.29 is 4.74 Å². The Kier molecular flexibility index (Phi) is 5.34. The van der Waals surface area contributed by atoms with Gasteiger partial charge >= 0.3 is 0 Å². The van der Waals surface area contributed by atoms with E-state index in [0.29, 0.717) is 18.2 Å². The fourth-order valence-electron chi connectivity index (χ4n) is 2.77. The number of nitrogens with one attached hydrogen (secondary N) is 1. The highest BCUT2D eigenvalue weighted by Crippen LogP contribution is 2.23.